The van der Waals surface area contributed by atoms with E-state index in [1.54, 1.807) is 12.5 Å². The Balaban J connectivity index is 1.99. The Morgan fingerprint density at radius 1 is 1.21 bits per heavy atom. The Morgan fingerprint density at radius 2 is 2.16 bits per heavy atom. The lowest BCUT2D eigenvalue weighted by Gasteiger charge is -2.06. The molecule has 0 saturated heterocycles. The van der Waals surface area contributed by atoms with Crippen molar-refractivity contribution in [3.63, 3.8) is 0 Å². The Bertz CT molecular complexity index is 695. The summed E-state index contributed by atoms with van der Waals surface area (Å²) >= 11 is 1.51. The van der Waals surface area contributed by atoms with Crippen LogP contribution in [-0.2, 0) is 6.54 Å². The summed E-state index contributed by atoms with van der Waals surface area (Å²) in [5.41, 5.74) is 2.65. The van der Waals surface area contributed by atoms with E-state index >= 15 is 0 Å². The summed E-state index contributed by atoms with van der Waals surface area (Å²) in [4.78, 5) is 20.0. The van der Waals surface area contributed by atoms with Crippen molar-refractivity contribution in [3.05, 3.63) is 36.5 Å². The fraction of sp³-hybridized carbons (Fsp3) is 0.167. The summed E-state index contributed by atoms with van der Waals surface area (Å²) in [7, 11) is 1.92. The van der Waals surface area contributed by atoms with E-state index < -0.39 is 0 Å². The molecular formula is C12H12N6S. The summed E-state index contributed by atoms with van der Waals surface area (Å²) in [5.74, 6) is 0. The van der Waals surface area contributed by atoms with Gasteiger partial charge < -0.3 is 10.3 Å². The first-order chi connectivity index (χ1) is 9.38. The Hall–Kier alpha value is -1.99. The SMILES string of the molecule is CNCc1cccnc1Sc1ncnc2nc[nH]c12. The molecule has 0 unspecified atom stereocenters. The van der Waals surface area contributed by atoms with Crippen molar-refractivity contribution in [2.24, 2.45) is 0 Å². The minimum Gasteiger partial charge on any atom is -0.341 e. The van der Waals surface area contributed by atoms with Crippen molar-refractivity contribution in [1.29, 1.82) is 0 Å². The Morgan fingerprint density at radius 3 is 3.05 bits per heavy atom. The molecule has 0 aliphatic heterocycles. The van der Waals surface area contributed by atoms with Gasteiger partial charge in [-0.05, 0) is 30.4 Å². The van der Waals surface area contributed by atoms with Crippen LogP contribution in [-0.4, -0.2) is 32.0 Å². The molecule has 96 valence electrons. The molecule has 0 atom stereocenters. The van der Waals surface area contributed by atoms with E-state index in [-0.39, 0.29) is 0 Å². The molecule has 6 nitrogen and oxygen atoms in total. The van der Waals surface area contributed by atoms with E-state index in [4.69, 9.17) is 0 Å². The number of nitrogens with zero attached hydrogens (tertiary/aromatic N) is 4. The highest BCUT2D eigenvalue weighted by Gasteiger charge is 2.10. The minimum absolute atomic E-state index is 0.670. The summed E-state index contributed by atoms with van der Waals surface area (Å²) < 4.78 is 0. The van der Waals surface area contributed by atoms with Gasteiger partial charge in [-0.1, -0.05) is 6.07 Å². The molecule has 2 N–H and O–H groups in total. The summed E-state index contributed by atoms with van der Waals surface area (Å²) in [6.07, 6.45) is 4.93. The maximum absolute atomic E-state index is 4.41. The first-order valence-electron chi connectivity index (χ1n) is 5.79. The maximum atomic E-state index is 4.41. The monoisotopic (exact) mass is 272 g/mol. The number of H-pyrrole nitrogens is 1. The molecule has 0 radical (unpaired) electrons. The molecule has 0 fully saturated rings. The fourth-order valence-corrected chi connectivity index (χ4v) is 2.67. The molecule has 0 saturated carbocycles. The fourth-order valence-electron chi connectivity index (χ4n) is 1.75. The number of aromatic amines is 1. The van der Waals surface area contributed by atoms with Crippen molar-refractivity contribution >= 4 is 22.9 Å². The van der Waals surface area contributed by atoms with Crippen molar-refractivity contribution < 1.29 is 0 Å². The molecule has 0 amide bonds. The van der Waals surface area contributed by atoms with Crippen LogP contribution in [0.25, 0.3) is 11.2 Å². The molecular weight excluding hydrogens is 260 g/mol. The van der Waals surface area contributed by atoms with Crippen LogP contribution in [0.2, 0.25) is 0 Å². The number of hydrogen-bond donors (Lipinski definition) is 2. The number of nitrogens with one attached hydrogen (secondary N) is 2. The maximum Gasteiger partial charge on any atom is 0.181 e. The summed E-state index contributed by atoms with van der Waals surface area (Å²) in [6, 6.07) is 3.99. The molecule has 0 bridgehead atoms. The average Bonchev–Trinajstić information content (AvgIpc) is 2.91. The largest absolute Gasteiger partial charge is 0.341 e. The molecule has 7 heteroatoms. The van der Waals surface area contributed by atoms with Crippen LogP contribution >= 0.6 is 11.8 Å². The molecule has 0 aliphatic rings. The van der Waals surface area contributed by atoms with Gasteiger partial charge in [0, 0.05) is 12.7 Å². The molecule has 0 aliphatic carbocycles. The second kappa shape index (κ2) is 5.33. The zero-order chi connectivity index (χ0) is 13.1. The third-order valence-electron chi connectivity index (χ3n) is 2.60. The van der Waals surface area contributed by atoms with E-state index in [0.29, 0.717) is 5.65 Å². The molecule has 0 spiro atoms. The standard InChI is InChI=1S/C12H12N6S/c1-13-5-8-3-2-4-14-11(8)19-12-9-10(16-6-15-9)17-7-18-12/h2-4,6-7,13H,5H2,1H3,(H,15,16,17,18). The first-order valence-corrected chi connectivity index (χ1v) is 6.60. The van der Waals surface area contributed by atoms with Crippen LogP contribution < -0.4 is 5.32 Å². The van der Waals surface area contributed by atoms with Crippen LogP contribution in [0.3, 0.4) is 0 Å². The number of rotatable bonds is 4. The third kappa shape index (κ3) is 2.42. The third-order valence-corrected chi connectivity index (χ3v) is 3.66. The molecule has 3 aromatic heterocycles. The van der Waals surface area contributed by atoms with E-state index in [1.807, 2.05) is 13.1 Å². The zero-order valence-corrected chi connectivity index (χ0v) is 11.1. The summed E-state index contributed by atoms with van der Waals surface area (Å²) in [5, 5.41) is 4.90. The van der Waals surface area contributed by atoms with Crippen LogP contribution in [0.5, 0.6) is 0 Å². The second-order valence-electron chi connectivity index (χ2n) is 3.88. The van der Waals surface area contributed by atoms with Crippen LogP contribution in [0.1, 0.15) is 5.56 Å². The Kier molecular flexibility index (Phi) is 3.39. The quantitative estimate of drug-likeness (QED) is 0.703. The number of imidazole rings is 1. The van der Waals surface area contributed by atoms with Crippen molar-refractivity contribution in [2.75, 3.05) is 7.05 Å². The number of pyridine rings is 1. The van der Waals surface area contributed by atoms with Crippen molar-refractivity contribution in [2.45, 2.75) is 16.6 Å². The van der Waals surface area contributed by atoms with E-state index in [9.17, 15) is 0 Å². The molecule has 19 heavy (non-hydrogen) atoms. The molecule has 3 aromatic rings. The van der Waals surface area contributed by atoms with Gasteiger partial charge in [-0.25, -0.2) is 19.9 Å². The summed E-state index contributed by atoms with van der Waals surface area (Å²) in [6.45, 7) is 0.771. The van der Waals surface area contributed by atoms with Gasteiger partial charge in [0.25, 0.3) is 0 Å². The number of fused-ring (bicyclic) bond motifs is 1. The average molecular weight is 272 g/mol. The smallest absolute Gasteiger partial charge is 0.181 e. The van der Waals surface area contributed by atoms with E-state index in [2.05, 4.69) is 36.3 Å². The van der Waals surface area contributed by atoms with Gasteiger partial charge >= 0.3 is 0 Å². The normalized spacial score (nSPS) is 11.0. The predicted molar refractivity (Wildman–Crippen MR) is 72.8 cm³/mol. The van der Waals surface area contributed by atoms with Crippen molar-refractivity contribution in [3.8, 4) is 0 Å². The van der Waals surface area contributed by atoms with Gasteiger partial charge in [-0.15, -0.1) is 0 Å². The molecule has 3 rings (SSSR count). The highest BCUT2D eigenvalue weighted by atomic mass is 32.2. The number of aromatic nitrogens is 5. The van der Waals surface area contributed by atoms with E-state index in [1.165, 1.54) is 18.1 Å². The van der Waals surface area contributed by atoms with Gasteiger partial charge in [-0.2, -0.15) is 0 Å². The lowest BCUT2D eigenvalue weighted by molar-refractivity contribution is 0.789. The van der Waals surface area contributed by atoms with Gasteiger partial charge in [0.05, 0.1) is 6.33 Å². The number of hydrogen-bond acceptors (Lipinski definition) is 6. The van der Waals surface area contributed by atoms with Crippen molar-refractivity contribution in [1.82, 2.24) is 30.2 Å². The van der Waals surface area contributed by atoms with Crippen LogP contribution in [0, 0.1) is 0 Å². The van der Waals surface area contributed by atoms with Gasteiger partial charge in [0.1, 0.15) is 21.9 Å². The lowest BCUT2D eigenvalue weighted by Crippen LogP contribution is -2.06. The van der Waals surface area contributed by atoms with E-state index in [0.717, 1.165) is 27.7 Å². The molecule has 3 heterocycles. The zero-order valence-electron chi connectivity index (χ0n) is 10.3. The lowest BCUT2D eigenvalue weighted by atomic mass is 10.3. The van der Waals surface area contributed by atoms with Crippen LogP contribution in [0.15, 0.2) is 41.0 Å². The van der Waals surface area contributed by atoms with Crippen LogP contribution in [0.4, 0.5) is 0 Å². The van der Waals surface area contributed by atoms with Gasteiger partial charge in [0.2, 0.25) is 0 Å². The highest BCUT2D eigenvalue weighted by Crippen LogP contribution is 2.30. The first kappa shape index (κ1) is 12.1. The Labute approximate surface area is 114 Å². The highest BCUT2D eigenvalue weighted by molar-refractivity contribution is 7.99. The topological polar surface area (TPSA) is 79.4 Å². The minimum atomic E-state index is 0.670. The second-order valence-corrected chi connectivity index (χ2v) is 4.86. The molecule has 0 aromatic carbocycles. The van der Waals surface area contributed by atoms with Gasteiger partial charge in [0.15, 0.2) is 5.65 Å². The predicted octanol–water partition coefficient (Wildman–Crippen LogP) is 1.62. The van der Waals surface area contributed by atoms with Gasteiger partial charge in [-0.3, -0.25) is 0 Å².